The molecule has 0 aliphatic carbocycles. The first kappa shape index (κ1) is 21.0. The molecule has 0 saturated carbocycles. The van der Waals surface area contributed by atoms with Crippen molar-refractivity contribution < 1.29 is 10.2 Å². The van der Waals surface area contributed by atoms with Gasteiger partial charge in [-0.2, -0.15) is 0 Å². The number of phenolic OH excluding ortho intramolecular Hbond substituents is 2. The van der Waals surface area contributed by atoms with Crippen LogP contribution in [0.25, 0.3) is 11.1 Å². The minimum Gasteiger partial charge on any atom is -0.508 e. The quantitative estimate of drug-likeness (QED) is 0.192. The van der Waals surface area contributed by atoms with Crippen molar-refractivity contribution >= 4 is 102 Å². The Morgan fingerprint density at radius 3 is 1.67 bits per heavy atom. The Labute approximate surface area is 197 Å². The molecule has 0 fully saturated rings. The number of allylic oxidation sites excluding steroid dienone is 2. The van der Waals surface area contributed by atoms with Crippen LogP contribution in [0.3, 0.4) is 0 Å². The normalized spacial score (nSPS) is 13.1. The average Bonchev–Trinajstić information content (AvgIpc) is 2.54. The highest BCUT2D eigenvalue weighted by molar-refractivity contribution is 14.2. The third kappa shape index (κ3) is 4.90. The van der Waals surface area contributed by atoms with E-state index in [1.807, 2.05) is 24.3 Å². The van der Waals surface area contributed by atoms with Crippen molar-refractivity contribution in [3.63, 3.8) is 0 Å². The lowest BCUT2D eigenvalue weighted by atomic mass is 9.91. The van der Waals surface area contributed by atoms with Gasteiger partial charge in [-0.3, -0.25) is 0 Å². The van der Waals surface area contributed by atoms with Crippen LogP contribution in [0.5, 0.6) is 11.5 Å². The molecule has 6 heteroatoms. The van der Waals surface area contributed by atoms with E-state index in [9.17, 15) is 10.2 Å². The molecular formula is C18H16I4O2. The van der Waals surface area contributed by atoms with Crippen LogP contribution in [-0.4, -0.2) is 13.6 Å². The summed E-state index contributed by atoms with van der Waals surface area (Å²) >= 11 is 9.94. The number of rotatable bonds is 5. The van der Waals surface area contributed by atoms with Gasteiger partial charge in [-0.05, 0) is 53.0 Å². The summed E-state index contributed by atoms with van der Waals surface area (Å²) < 4.78 is 0.257. The summed E-state index contributed by atoms with van der Waals surface area (Å²) in [5.41, 5.74) is 4.73. The van der Waals surface area contributed by atoms with E-state index in [1.165, 1.54) is 11.1 Å². The molecule has 0 bridgehead atoms. The number of aromatic hydroxyl groups is 2. The van der Waals surface area contributed by atoms with Gasteiger partial charge >= 0.3 is 0 Å². The number of benzene rings is 2. The lowest BCUT2D eigenvalue weighted by Gasteiger charge is -2.30. The van der Waals surface area contributed by atoms with Gasteiger partial charge in [0.25, 0.3) is 0 Å². The van der Waals surface area contributed by atoms with Crippen molar-refractivity contribution in [2.45, 2.75) is 16.7 Å². The fourth-order valence-corrected chi connectivity index (χ4v) is 4.39. The second-order valence-corrected chi connectivity index (χ2v) is 15.6. The molecule has 0 aliphatic heterocycles. The van der Waals surface area contributed by atoms with E-state index in [0.717, 1.165) is 17.5 Å². The predicted octanol–water partition coefficient (Wildman–Crippen LogP) is 7.18. The molecule has 0 heterocycles. The van der Waals surface area contributed by atoms with E-state index < -0.39 is 0 Å². The third-order valence-corrected chi connectivity index (χ3v) is 12.6. The summed E-state index contributed by atoms with van der Waals surface area (Å²) in [4.78, 5) is 0. The molecule has 0 spiro atoms. The van der Waals surface area contributed by atoms with E-state index in [2.05, 4.69) is 97.3 Å². The average molecular weight is 772 g/mol. The van der Waals surface area contributed by atoms with Crippen LogP contribution in [0.4, 0.5) is 0 Å². The topological polar surface area (TPSA) is 40.5 Å². The molecule has 2 nitrogen and oxygen atoms in total. The van der Waals surface area contributed by atoms with Crippen LogP contribution in [0.15, 0.2) is 48.5 Å². The summed E-state index contributed by atoms with van der Waals surface area (Å²) in [6, 6.07) is 14.8. The van der Waals surface area contributed by atoms with Gasteiger partial charge in [0.2, 0.25) is 0 Å². The van der Waals surface area contributed by atoms with E-state index in [0.29, 0.717) is 1.93 Å². The third-order valence-electron chi connectivity index (χ3n) is 3.63. The molecule has 0 unspecified atom stereocenters. The molecule has 0 aromatic heterocycles. The largest absolute Gasteiger partial charge is 0.508 e. The maximum atomic E-state index is 9.64. The Hall–Kier alpha value is 0.700. The van der Waals surface area contributed by atoms with Gasteiger partial charge in [-0.25, -0.2) is 0 Å². The molecule has 0 radical (unpaired) electrons. The van der Waals surface area contributed by atoms with Crippen LogP contribution in [-0.2, 0) is 0 Å². The van der Waals surface area contributed by atoms with Gasteiger partial charge < -0.3 is 10.2 Å². The zero-order valence-corrected chi connectivity index (χ0v) is 21.4. The molecule has 0 atom stereocenters. The van der Waals surface area contributed by atoms with Crippen LogP contribution in [0, 0.1) is 0 Å². The Morgan fingerprint density at radius 2 is 1.29 bits per heavy atom. The Balaban J connectivity index is 2.75. The van der Waals surface area contributed by atoms with Gasteiger partial charge in [0.1, 0.15) is 12.9 Å². The van der Waals surface area contributed by atoms with E-state index in [1.54, 1.807) is 24.3 Å². The van der Waals surface area contributed by atoms with Crippen molar-refractivity contribution in [2.75, 3.05) is 0 Å². The summed E-state index contributed by atoms with van der Waals surface area (Å²) in [5.74, 6) is 0.546. The van der Waals surface area contributed by atoms with Crippen molar-refractivity contribution in [1.82, 2.24) is 0 Å². The minimum absolute atomic E-state index is 0.114. The number of phenols is 2. The molecular weight excluding hydrogens is 756 g/mol. The van der Waals surface area contributed by atoms with Gasteiger partial charge in [-0.15, -0.1) is 0 Å². The summed E-state index contributed by atoms with van der Waals surface area (Å²) in [5, 5.41) is 19.2. The number of alkyl halides is 4. The maximum absolute atomic E-state index is 9.64. The monoisotopic (exact) mass is 772 g/mol. The first-order valence-corrected chi connectivity index (χ1v) is 11.9. The van der Waals surface area contributed by atoms with E-state index in [-0.39, 0.29) is 12.9 Å². The highest BCUT2D eigenvalue weighted by atomic mass is 127. The van der Waals surface area contributed by atoms with Gasteiger partial charge in [0, 0.05) is 0 Å². The zero-order valence-electron chi connectivity index (χ0n) is 12.8. The highest BCUT2D eigenvalue weighted by Crippen LogP contribution is 2.52. The first-order valence-electron chi connectivity index (χ1n) is 7.25. The zero-order chi connectivity index (χ0) is 17.9. The number of halogens is 4. The summed E-state index contributed by atoms with van der Waals surface area (Å²) in [6.45, 7) is 2.15. The molecule has 2 aromatic carbocycles. The SMILES string of the molecule is CC/C(=C(\c1ccc(O)cc1)C(I)(I)C(I)I)c1ccc(O)cc1. The second-order valence-electron chi connectivity index (χ2n) is 5.22. The smallest absolute Gasteiger partial charge is 0.120 e. The standard InChI is InChI=1S/C18H16I4O2/c1-2-15(11-3-7-13(23)8-4-11)16(18(21,22)17(19)20)12-5-9-14(24)10-6-12/h3-10,17,23-24H,2H2,1H3/b16-15-. The van der Waals surface area contributed by atoms with Gasteiger partial charge in [-0.1, -0.05) is 122 Å². The second kappa shape index (κ2) is 9.07. The predicted molar refractivity (Wildman–Crippen MR) is 136 cm³/mol. The molecule has 2 N–H and O–H groups in total. The molecule has 24 heavy (non-hydrogen) atoms. The van der Waals surface area contributed by atoms with Crippen molar-refractivity contribution in [2.24, 2.45) is 0 Å². The Morgan fingerprint density at radius 1 is 0.875 bits per heavy atom. The van der Waals surface area contributed by atoms with Crippen LogP contribution in [0.2, 0.25) is 0 Å². The first-order chi connectivity index (χ1) is 11.3. The van der Waals surface area contributed by atoms with Crippen molar-refractivity contribution in [3.8, 4) is 11.5 Å². The lowest BCUT2D eigenvalue weighted by Crippen LogP contribution is -2.22. The molecule has 2 rings (SSSR count). The number of hydrogen-bond donors (Lipinski definition) is 2. The van der Waals surface area contributed by atoms with Gasteiger partial charge in [0.05, 0.1) is 1.93 Å². The molecule has 0 aliphatic rings. The van der Waals surface area contributed by atoms with E-state index in [4.69, 9.17) is 0 Å². The Bertz CT molecular complexity index is 720. The van der Waals surface area contributed by atoms with E-state index >= 15 is 0 Å². The van der Waals surface area contributed by atoms with Crippen LogP contribution in [0.1, 0.15) is 24.5 Å². The molecule has 0 amide bonds. The highest BCUT2D eigenvalue weighted by Gasteiger charge is 2.37. The van der Waals surface area contributed by atoms with Crippen LogP contribution >= 0.6 is 90.4 Å². The van der Waals surface area contributed by atoms with Gasteiger partial charge in [0.15, 0.2) is 0 Å². The van der Waals surface area contributed by atoms with Crippen molar-refractivity contribution in [3.05, 3.63) is 59.7 Å². The molecule has 0 saturated heterocycles. The Kier molecular flexibility index (Phi) is 7.94. The summed E-state index contributed by atoms with van der Waals surface area (Å²) in [6.07, 6.45) is 0.884. The molecule has 2 aromatic rings. The minimum atomic E-state index is -0.114. The fourth-order valence-electron chi connectivity index (χ4n) is 2.49. The fraction of sp³-hybridized carbons (Fsp3) is 0.222. The number of hydrogen-bond acceptors (Lipinski definition) is 2. The maximum Gasteiger partial charge on any atom is 0.120 e. The van der Waals surface area contributed by atoms with Crippen LogP contribution < -0.4 is 0 Å². The lowest BCUT2D eigenvalue weighted by molar-refractivity contribution is 0.474. The molecule has 128 valence electrons. The summed E-state index contributed by atoms with van der Waals surface area (Å²) in [7, 11) is 0. The van der Waals surface area contributed by atoms with Crippen molar-refractivity contribution in [1.29, 1.82) is 0 Å².